The first kappa shape index (κ1) is 15.3. The Morgan fingerprint density at radius 1 is 0.826 bits per heavy atom. The fraction of sp³-hybridized carbons (Fsp3) is 0.0526. The van der Waals surface area contributed by atoms with Crippen molar-refractivity contribution < 1.29 is 8.42 Å². The van der Waals surface area contributed by atoms with Crippen LogP contribution in [0.1, 0.15) is 16.8 Å². The van der Waals surface area contributed by atoms with E-state index in [0.717, 1.165) is 11.1 Å². The van der Waals surface area contributed by atoms with Crippen molar-refractivity contribution in [3.05, 3.63) is 89.7 Å². The molecule has 1 heterocycles. The van der Waals surface area contributed by atoms with Crippen molar-refractivity contribution in [2.75, 3.05) is 0 Å². The van der Waals surface area contributed by atoms with Gasteiger partial charge in [0.05, 0.1) is 10.6 Å². The first-order chi connectivity index (χ1) is 11.1. The van der Waals surface area contributed by atoms with Crippen LogP contribution in [0.4, 0.5) is 0 Å². The Balaban J connectivity index is 1.97. The number of aryl methyl sites for hydroxylation is 1. The minimum Gasteiger partial charge on any atom is -0.242 e. The lowest BCUT2D eigenvalue weighted by molar-refractivity contribution is 0.587. The Morgan fingerprint density at radius 3 is 2.22 bits per heavy atom. The maximum Gasteiger partial charge on any atom is 0.268 e. The quantitative estimate of drug-likeness (QED) is 0.721. The summed E-state index contributed by atoms with van der Waals surface area (Å²) in [5.41, 5.74) is 2.67. The average Bonchev–Trinajstić information content (AvgIpc) is 3.04. The summed E-state index contributed by atoms with van der Waals surface area (Å²) < 4.78 is 26.8. The van der Waals surface area contributed by atoms with Crippen molar-refractivity contribution in [3.63, 3.8) is 0 Å². The molecule has 116 valence electrons. The molecule has 0 aliphatic heterocycles. The fourth-order valence-corrected chi connectivity index (χ4v) is 3.63. The average molecular weight is 323 g/mol. The SMILES string of the molecule is Cc1ccc(S(=O)(=O)n2cccc2/C=C/c2ccccc2)cc1. The van der Waals surface area contributed by atoms with Crippen molar-refractivity contribution in [3.8, 4) is 0 Å². The predicted molar refractivity (Wildman–Crippen MR) is 93.6 cm³/mol. The van der Waals surface area contributed by atoms with Crippen LogP contribution in [0.2, 0.25) is 0 Å². The van der Waals surface area contributed by atoms with Gasteiger partial charge in [-0.2, -0.15) is 0 Å². The van der Waals surface area contributed by atoms with Gasteiger partial charge in [-0.1, -0.05) is 54.1 Å². The zero-order valence-electron chi connectivity index (χ0n) is 12.8. The number of aromatic nitrogens is 1. The van der Waals surface area contributed by atoms with Crippen molar-refractivity contribution in [1.29, 1.82) is 0 Å². The normalized spacial score (nSPS) is 11.9. The third-order valence-corrected chi connectivity index (χ3v) is 5.29. The molecule has 1 aromatic heterocycles. The summed E-state index contributed by atoms with van der Waals surface area (Å²) in [6.45, 7) is 1.93. The van der Waals surface area contributed by atoms with Gasteiger partial charge in [0, 0.05) is 6.20 Å². The molecule has 3 rings (SSSR count). The van der Waals surface area contributed by atoms with Gasteiger partial charge in [-0.3, -0.25) is 0 Å². The van der Waals surface area contributed by atoms with E-state index in [1.54, 1.807) is 48.7 Å². The van der Waals surface area contributed by atoms with E-state index in [4.69, 9.17) is 0 Å². The van der Waals surface area contributed by atoms with E-state index >= 15 is 0 Å². The van der Waals surface area contributed by atoms with Crippen molar-refractivity contribution in [2.45, 2.75) is 11.8 Å². The van der Waals surface area contributed by atoms with Crippen LogP contribution in [0.15, 0.2) is 77.8 Å². The van der Waals surface area contributed by atoms with Gasteiger partial charge in [-0.25, -0.2) is 12.4 Å². The smallest absolute Gasteiger partial charge is 0.242 e. The van der Waals surface area contributed by atoms with E-state index in [1.807, 2.05) is 43.3 Å². The summed E-state index contributed by atoms with van der Waals surface area (Å²) >= 11 is 0. The standard InChI is InChI=1S/C19H17NO2S/c1-16-9-13-19(14-10-16)23(21,22)20-15-5-8-18(20)12-11-17-6-3-2-4-7-17/h2-15H,1H3/b12-11+. The molecule has 0 radical (unpaired) electrons. The number of hydrogen-bond donors (Lipinski definition) is 0. The monoisotopic (exact) mass is 323 g/mol. The van der Waals surface area contributed by atoms with Crippen LogP contribution in [0, 0.1) is 6.92 Å². The molecule has 0 saturated carbocycles. The van der Waals surface area contributed by atoms with E-state index in [1.165, 1.54) is 3.97 Å². The molecule has 0 spiro atoms. The van der Waals surface area contributed by atoms with Gasteiger partial charge < -0.3 is 0 Å². The van der Waals surface area contributed by atoms with Crippen molar-refractivity contribution in [2.24, 2.45) is 0 Å². The predicted octanol–water partition coefficient (Wildman–Crippen LogP) is 4.20. The van der Waals surface area contributed by atoms with E-state index in [0.29, 0.717) is 5.69 Å². The van der Waals surface area contributed by atoms with Gasteiger partial charge >= 0.3 is 0 Å². The summed E-state index contributed by atoms with van der Waals surface area (Å²) in [4.78, 5) is 0.286. The molecule has 0 fully saturated rings. The van der Waals surface area contributed by atoms with Crippen LogP contribution in [-0.2, 0) is 10.0 Å². The molecule has 0 atom stereocenters. The second kappa shape index (κ2) is 6.26. The van der Waals surface area contributed by atoms with E-state index < -0.39 is 10.0 Å². The molecule has 2 aromatic carbocycles. The van der Waals surface area contributed by atoms with Gasteiger partial charge in [0.25, 0.3) is 10.0 Å². The third kappa shape index (κ3) is 3.27. The fourth-order valence-electron chi connectivity index (χ4n) is 2.30. The van der Waals surface area contributed by atoms with E-state index in [9.17, 15) is 8.42 Å². The van der Waals surface area contributed by atoms with E-state index in [-0.39, 0.29) is 4.90 Å². The second-order valence-electron chi connectivity index (χ2n) is 5.29. The van der Waals surface area contributed by atoms with Gasteiger partial charge in [0.1, 0.15) is 0 Å². The van der Waals surface area contributed by atoms with Crippen LogP contribution in [0.3, 0.4) is 0 Å². The van der Waals surface area contributed by atoms with E-state index in [2.05, 4.69) is 0 Å². The van der Waals surface area contributed by atoms with Crippen molar-refractivity contribution in [1.82, 2.24) is 3.97 Å². The minimum absolute atomic E-state index is 0.286. The maximum atomic E-state index is 12.8. The largest absolute Gasteiger partial charge is 0.268 e. The molecular weight excluding hydrogens is 306 g/mol. The zero-order chi connectivity index (χ0) is 16.3. The van der Waals surface area contributed by atoms with Crippen LogP contribution >= 0.6 is 0 Å². The topological polar surface area (TPSA) is 39.1 Å². The highest BCUT2D eigenvalue weighted by molar-refractivity contribution is 7.90. The lowest BCUT2D eigenvalue weighted by Gasteiger charge is -2.08. The van der Waals surface area contributed by atoms with Gasteiger partial charge in [-0.15, -0.1) is 0 Å². The lowest BCUT2D eigenvalue weighted by Crippen LogP contribution is -2.13. The Labute approximate surface area is 136 Å². The lowest BCUT2D eigenvalue weighted by atomic mass is 10.2. The molecular formula is C19H17NO2S. The molecule has 3 nitrogen and oxygen atoms in total. The number of benzene rings is 2. The van der Waals surface area contributed by atoms with Crippen LogP contribution in [-0.4, -0.2) is 12.4 Å². The highest BCUT2D eigenvalue weighted by atomic mass is 32.2. The Morgan fingerprint density at radius 2 is 1.52 bits per heavy atom. The first-order valence-electron chi connectivity index (χ1n) is 7.30. The molecule has 0 unspecified atom stereocenters. The minimum atomic E-state index is -3.58. The summed E-state index contributed by atoms with van der Waals surface area (Å²) in [5, 5.41) is 0. The zero-order valence-corrected chi connectivity index (χ0v) is 13.6. The summed E-state index contributed by atoms with van der Waals surface area (Å²) in [7, 11) is -3.58. The first-order valence-corrected chi connectivity index (χ1v) is 8.74. The summed E-state index contributed by atoms with van der Waals surface area (Å²) in [6.07, 6.45) is 5.28. The molecule has 0 N–H and O–H groups in total. The second-order valence-corrected chi connectivity index (χ2v) is 7.11. The molecule has 0 amide bonds. The Kier molecular flexibility index (Phi) is 4.17. The molecule has 0 aliphatic rings. The van der Waals surface area contributed by atoms with Gasteiger partial charge in [0.2, 0.25) is 0 Å². The van der Waals surface area contributed by atoms with Crippen LogP contribution in [0.5, 0.6) is 0 Å². The summed E-state index contributed by atoms with van der Waals surface area (Å²) in [5.74, 6) is 0. The van der Waals surface area contributed by atoms with Crippen molar-refractivity contribution >= 4 is 22.2 Å². The number of hydrogen-bond acceptors (Lipinski definition) is 2. The maximum absolute atomic E-state index is 12.8. The molecule has 4 heteroatoms. The Bertz CT molecular complexity index is 921. The summed E-state index contributed by atoms with van der Waals surface area (Å²) in [6, 6.07) is 20.2. The van der Waals surface area contributed by atoms with Crippen LogP contribution < -0.4 is 0 Å². The highest BCUT2D eigenvalue weighted by Crippen LogP contribution is 2.19. The Hall–Kier alpha value is -2.59. The third-order valence-electron chi connectivity index (χ3n) is 3.57. The van der Waals surface area contributed by atoms with Crippen LogP contribution in [0.25, 0.3) is 12.2 Å². The molecule has 0 saturated heterocycles. The molecule has 0 aliphatic carbocycles. The molecule has 3 aromatic rings. The van der Waals surface area contributed by atoms with Gasteiger partial charge in [-0.05, 0) is 42.8 Å². The molecule has 0 bridgehead atoms. The number of rotatable bonds is 4. The van der Waals surface area contributed by atoms with Gasteiger partial charge in [0.15, 0.2) is 0 Å². The highest BCUT2D eigenvalue weighted by Gasteiger charge is 2.17. The number of nitrogens with zero attached hydrogens (tertiary/aromatic N) is 1. The molecule has 23 heavy (non-hydrogen) atoms.